The lowest BCUT2D eigenvalue weighted by Gasteiger charge is -2.08. The molecule has 160 valence electrons. The van der Waals surface area contributed by atoms with Crippen molar-refractivity contribution in [1.29, 1.82) is 0 Å². The highest BCUT2D eigenvalue weighted by atomic mass is 19.1. The van der Waals surface area contributed by atoms with Gasteiger partial charge >= 0.3 is 0 Å². The number of fused-ring (bicyclic) bond motifs is 4. The molecule has 0 radical (unpaired) electrons. The van der Waals surface area contributed by atoms with E-state index in [0.717, 1.165) is 49.5 Å². The topological polar surface area (TPSA) is 17.0 Å². The van der Waals surface area contributed by atoms with Gasteiger partial charge in [-0.05, 0) is 53.4 Å². The molecular formula is C30H23FNO+. The van der Waals surface area contributed by atoms with Gasteiger partial charge in [-0.1, -0.05) is 54.6 Å². The number of pyridine rings is 1. The van der Waals surface area contributed by atoms with Crippen molar-refractivity contribution >= 4 is 32.7 Å². The van der Waals surface area contributed by atoms with Crippen LogP contribution >= 0.6 is 0 Å². The number of aromatic nitrogens is 1. The van der Waals surface area contributed by atoms with Gasteiger partial charge < -0.3 is 4.42 Å². The summed E-state index contributed by atoms with van der Waals surface area (Å²) in [7, 11) is 2.04. The highest BCUT2D eigenvalue weighted by molar-refractivity contribution is 6.15. The molecule has 0 saturated carbocycles. The maximum Gasteiger partial charge on any atom is 0.216 e. The lowest BCUT2D eigenvalue weighted by molar-refractivity contribution is -0.660. The summed E-state index contributed by atoms with van der Waals surface area (Å²) in [5.74, 6) is -0.280. The Balaban J connectivity index is 1.75. The Morgan fingerprint density at radius 1 is 0.727 bits per heavy atom. The fourth-order valence-corrected chi connectivity index (χ4v) is 4.91. The average Bonchev–Trinajstić information content (AvgIpc) is 3.19. The highest BCUT2D eigenvalue weighted by Crippen LogP contribution is 2.43. The van der Waals surface area contributed by atoms with Gasteiger partial charge in [0.05, 0.1) is 11.1 Å². The SMILES string of the molecule is Cc1cc[n+](C)c(-c2c(C)ccc3c2oc2c(-c4cccc5ccccc45)c(F)ccc23)c1. The van der Waals surface area contributed by atoms with Crippen molar-refractivity contribution in [2.24, 2.45) is 7.05 Å². The van der Waals surface area contributed by atoms with Gasteiger partial charge in [0, 0.05) is 22.9 Å². The van der Waals surface area contributed by atoms with Gasteiger partial charge in [-0.25, -0.2) is 8.96 Å². The van der Waals surface area contributed by atoms with Crippen LogP contribution < -0.4 is 4.57 Å². The summed E-state index contributed by atoms with van der Waals surface area (Å²) in [6.07, 6.45) is 2.06. The quantitative estimate of drug-likeness (QED) is 0.257. The van der Waals surface area contributed by atoms with E-state index < -0.39 is 0 Å². The molecule has 0 N–H and O–H groups in total. The van der Waals surface area contributed by atoms with Crippen LogP contribution in [0.4, 0.5) is 4.39 Å². The third-order valence-corrected chi connectivity index (χ3v) is 6.59. The Kier molecular flexibility index (Phi) is 4.34. The van der Waals surface area contributed by atoms with Gasteiger partial charge in [0.25, 0.3) is 0 Å². The van der Waals surface area contributed by atoms with Gasteiger partial charge in [-0.2, -0.15) is 0 Å². The average molecular weight is 433 g/mol. The number of hydrogen-bond acceptors (Lipinski definition) is 1. The van der Waals surface area contributed by atoms with Crippen molar-refractivity contribution in [3.05, 3.63) is 102 Å². The smallest absolute Gasteiger partial charge is 0.216 e. The molecule has 0 amide bonds. The van der Waals surface area contributed by atoms with E-state index in [1.165, 1.54) is 5.56 Å². The normalized spacial score (nSPS) is 11.6. The summed E-state index contributed by atoms with van der Waals surface area (Å²) in [4.78, 5) is 0. The number of aryl methyl sites for hydroxylation is 3. The number of hydrogen-bond donors (Lipinski definition) is 0. The van der Waals surface area contributed by atoms with Crippen molar-refractivity contribution in [3.8, 4) is 22.4 Å². The van der Waals surface area contributed by atoms with Crippen LogP contribution in [0.1, 0.15) is 11.1 Å². The number of nitrogens with zero attached hydrogens (tertiary/aromatic N) is 1. The molecule has 4 aromatic carbocycles. The molecule has 0 saturated heterocycles. The molecule has 2 aromatic heterocycles. The fourth-order valence-electron chi connectivity index (χ4n) is 4.91. The van der Waals surface area contributed by atoms with Crippen LogP contribution in [-0.4, -0.2) is 0 Å². The zero-order valence-corrected chi connectivity index (χ0v) is 18.8. The molecule has 3 heteroatoms. The van der Waals surface area contributed by atoms with Crippen molar-refractivity contribution in [2.75, 3.05) is 0 Å². The summed E-state index contributed by atoms with van der Waals surface area (Å²) in [6.45, 7) is 4.18. The standard InChI is InChI=1S/C30H23FNO/c1-18-15-16-32(3)26(17-18)27-19(2)11-12-23-24-13-14-25(31)28(30(24)33-29(23)27)22-10-6-8-20-7-4-5-9-21(20)22/h4-17H,1-3H3/q+1. The Morgan fingerprint density at radius 3 is 2.30 bits per heavy atom. The number of halogens is 1. The first-order valence-electron chi connectivity index (χ1n) is 11.1. The largest absolute Gasteiger partial charge is 0.454 e. The molecule has 0 unspecified atom stereocenters. The van der Waals surface area contributed by atoms with E-state index in [-0.39, 0.29) is 5.82 Å². The van der Waals surface area contributed by atoms with Crippen LogP contribution in [0.2, 0.25) is 0 Å². The predicted octanol–water partition coefficient (Wildman–Crippen LogP) is 7.65. The first-order chi connectivity index (χ1) is 16.0. The zero-order valence-electron chi connectivity index (χ0n) is 18.8. The van der Waals surface area contributed by atoms with Crippen LogP contribution in [0.15, 0.2) is 89.5 Å². The zero-order chi connectivity index (χ0) is 22.7. The summed E-state index contributed by atoms with van der Waals surface area (Å²) >= 11 is 0. The Hall–Kier alpha value is -3.98. The van der Waals surface area contributed by atoms with Crippen molar-refractivity contribution in [2.45, 2.75) is 13.8 Å². The minimum atomic E-state index is -0.280. The minimum absolute atomic E-state index is 0.280. The first kappa shape index (κ1) is 19.7. The molecule has 6 aromatic rings. The summed E-state index contributed by atoms with van der Waals surface area (Å²) in [5, 5.41) is 4.00. The van der Waals surface area contributed by atoms with Gasteiger partial charge in [0.1, 0.15) is 24.0 Å². The summed E-state index contributed by atoms with van der Waals surface area (Å²) < 4.78 is 24.1. The molecule has 0 aliphatic carbocycles. The second-order valence-electron chi connectivity index (χ2n) is 8.76. The maximum absolute atomic E-state index is 15.4. The molecule has 0 atom stereocenters. The van der Waals surface area contributed by atoms with Gasteiger partial charge in [0.2, 0.25) is 5.69 Å². The fraction of sp³-hybridized carbons (Fsp3) is 0.100. The number of furan rings is 1. The third kappa shape index (κ3) is 2.96. The van der Waals surface area contributed by atoms with Crippen LogP contribution in [0.25, 0.3) is 55.1 Å². The molecule has 0 aliphatic heterocycles. The second kappa shape index (κ2) is 7.28. The van der Waals surface area contributed by atoms with Crippen LogP contribution in [0.5, 0.6) is 0 Å². The first-order valence-corrected chi connectivity index (χ1v) is 11.1. The number of rotatable bonds is 2. The van der Waals surface area contributed by atoms with E-state index in [9.17, 15) is 0 Å². The number of benzene rings is 4. The molecule has 2 nitrogen and oxygen atoms in total. The lowest BCUT2D eigenvalue weighted by atomic mass is 9.95. The van der Waals surface area contributed by atoms with E-state index in [0.29, 0.717) is 11.1 Å². The lowest BCUT2D eigenvalue weighted by Crippen LogP contribution is -2.30. The molecule has 0 fully saturated rings. The molecule has 33 heavy (non-hydrogen) atoms. The Morgan fingerprint density at radius 2 is 1.45 bits per heavy atom. The molecule has 0 aliphatic rings. The van der Waals surface area contributed by atoms with E-state index in [1.807, 2.05) is 43.4 Å². The Labute approximate surface area is 191 Å². The summed E-state index contributed by atoms with van der Waals surface area (Å²) in [6, 6.07) is 25.9. The third-order valence-electron chi connectivity index (χ3n) is 6.59. The van der Waals surface area contributed by atoms with Crippen LogP contribution in [-0.2, 0) is 7.05 Å². The highest BCUT2D eigenvalue weighted by Gasteiger charge is 2.23. The van der Waals surface area contributed by atoms with Gasteiger partial charge in [-0.3, -0.25) is 0 Å². The molecule has 0 bridgehead atoms. The van der Waals surface area contributed by atoms with Crippen molar-refractivity contribution in [1.82, 2.24) is 0 Å². The van der Waals surface area contributed by atoms with E-state index in [2.05, 4.69) is 61.0 Å². The van der Waals surface area contributed by atoms with Crippen LogP contribution in [0, 0.1) is 19.7 Å². The van der Waals surface area contributed by atoms with E-state index in [1.54, 1.807) is 6.07 Å². The molecule has 0 spiro atoms. The predicted molar refractivity (Wildman–Crippen MR) is 133 cm³/mol. The monoisotopic (exact) mass is 432 g/mol. The van der Waals surface area contributed by atoms with Gasteiger partial charge in [-0.15, -0.1) is 0 Å². The van der Waals surface area contributed by atoms with Crippen molar-refractivity contribution in [3.63, 3.8) is 0 Å². The van der Waals surface area contributed by atoms with Gasteiger partial charge in [0.15, 0.2) is 6.20 Å². The molecule has 2 heterocycles. The van der Waals surface area contributed by atoms with Crippen LogP contribution in [0.3, 0.4) is 0 Å². The molecular weight excluding hydrogens is 409 g/mol. The molecule has 6 rings (SSSR count). The second-order valence-corrected chi connectivity index (χ2v) is 8.76. The van der Waals surface area contributed by atoms with Crippen molar-refractivity contribution < 1.29 is 13.4 Å². The van der Waals surface area contributed by atoms with E-state index in [4.69, 9.17) is 4.42 Å². The summed E-state index contributed by atoms with van der Waals surface area (Å²) in [5.41, 5.74) is 7.14. The maximum atomic E-state index is 15.4. The minimum Gasteiger partial charge on any atom is -0.454 e. The Bertz CT molecular complexity index is 1710. The van der Waals surface area contributed by atoms with E-state index >= 15 is 4.39 Å².